The zero-order valence-corrected chi connectivity index (χ0v) is 16.9. The van der Waals surface area contributed by atoms with Crippen LogP contribution >= 0.6 is 23.7 Å². The Balaban J connectivity index is 0.00000338. The first-order valence-corrected chi connectivity index (χ1v) is 9.18. The normalized spacial score (nSPS) is 12.8. The Hall–Kier alpha value is -1.89. The Morgan fingerprint density at radius 1 is 1.19 bits per heavy atom. The smallest absolute Gasteiger partial charge is 0.265 e. The quantitative estimate of drug-likeness (QED) is 0.664. The average molecular weight is 396 g/mol. The first-order valence-electron chi connectivity index (χ1n) is 8.30. The lowest BCUT2D eigenvalue weighted by atomic mass is 9.90. The molecule has 0 aliphatic rings. The summed E-state index contributed by atoms with van der Waals surface area (Å²) in [5.41, 5.74) is 6.48. The van der Waals surface area contributed by atoms with E-state index in [1.165, 1.54) is 11.3 Å². The highest BCUT2D eigenvalue weighted by atomic mass is 35.5. The van der Waals surface area contributed by atoms with Crippen molar-refractivity contribution in [2.75, 3.05) is 11.9 Å². The van der Waals surface area contributed by atoms with E-state index in [9.17, 15) is 9.59 Å². The topological polar surface area (TPSA) is 84.2 Å². The maximum absolute atomic E-state index is 12.6. The minimum atomic E-state index is -0.457. The monoisotopic (exact) mass is 395 g/mol. The number of anilines is 1. The van der Waals surface area contributed by atoms with E-state index >= 15 is 0 Å². The van der Waals surface area contributed by atoms with E-state index in [0.29, 0.717) is 28.6 Å². The SMILES string of the molecule is CC(C)CC(C)(CN)NC(=O)c1cccc(NC(=O)c2cccs2)c1.Cl. The molecule has 1 atom stereocenters. The molecule has 2 amide bonds. The number of hydrogen-bond acceptors (Lipinski definition) is 4. The number of thiophene rings is 1. The number of halogens is 1. The Morgan fingerprint density at radius 2 is 1.92 bits per heavy atom. The Kier molecular flexibility index (Phi) is 8.27. The molecule has 26 heavy (non-hydrogen) atoms. The van der Waals surface area contributed by atoms with Crippen LogP contribution in [0.15, 0.2) is 41.8 Å². The molecule has 0 aliphatic heterocycles. The van der Waals surface area contributed by atoms with Crippen LogP contribution in [0.3, 0.4) is 0 Å². The molecule has 1 heterocycles. The molecule has 0 spiro atoms. The van der Waals surface area contributed by atoms with Crippen molar-refractivity contribution in [1.29, 1.82) is 0 Å². The first-order chi connectivity index (χ1) is 11.8. The molecule has 0 fully saturated rings. The lowest BCUT2D eigenvalue weighted by Crippen LogP contribution is -2.52. The van der Waals surface area contributed by atoms with Crippen molar-refractivity contribution in [3.8, 4) is 0 Å². The van der Waals surface area contributed by atoms with Gasteiger partial charge in [-0.1, -0.05) is 26.0 Å². The summed E-state index contributed by atoms with van der Waals surface area (Å²) in [6, 6.07) is 10.5. The minimum absolute atomic E-state index is 0. The highest BCUT2D eigenvalue weighted by molar-refractivity contribution is 7.12. The minimum Gasteiger partial charge on any atom is -0.346 e. The predicted octanol–water partition coefficient (Wildman–Crippen LogP) is 3.92. The van der Waals surface area contributed by atoms with Crippen LogP contribution in [0.5, 0.6) is 0 Å². The fourth-order valence-corrected chi connectivity index (χ4v) is 3.39. The lowest BCUT2D eigenvalue weighted by molar-refractivity contribution is 0.0897. The molecule has 2 aromatic rings. The molecule has 0 bridgehead atoms. The van der Waals surface area contributed by atoms with Gasteiger partial charge in [-0.3, -0.25) is 9.59 Å². The van der Waals surface area contributed by atoms with Gasteiger partial charge in [0.2, 0.25) is 0 Å². The largest absolute Gasteiger partial charge is 0.346 e. The number of amides is 2. The van der Waals surface area contributed by atoms with E-state index in [0.717, 1.165) is 6.42 Å². The van der Waals surface area contributed by atoms with Crippen LogP contribution in [0.1, 0.15) is 47.2 Å². The van der Waals surface area contributed by atoms with Gasteiger partial charge in [0.25, 0.3) is 11.8 Å². The first kappa shape index (κ1) is 22.2. The van der Waals surface area contributed by atoms with Crippen molar-refractivity contribution in [1.82, 2.24) is 5.32 Å². The van der Waals surface area contributed by atoms with E-state index < -0.39 is 5.54 Å². The highest BCUT2D eigenvalue weighted by Gasteiger charge is 2.26. The van der Waals surface area contributed by atoms with Crippen molar-refractivity contribution >= 4 is 41.2 Å². The zero-order chi connectivity index (χ0) is 18.4. The Bertz CT molecular complexity index is 734. The second-order valence-electron chi connectivity index (χ2n) is 6.83. The van der Waals surface area contributed by atoms with Crippen LogP contribution in [-0.2, 0) is 0 Å². The third-order valence-electron chi connectivity index (χ3n) is 3.85. The molecule has 0 saturated carbocycles. The van der Waals surface area contributed by atoms with Gasteiger partial charge in [0.1, 0.15) is 0 Å². The highest BCUT2D eigenvalue weighted by Crippen LogP contribution is 2.18. The summed E-state index contributed by atoms with van der Waals surface area (Å²) in [5, 5.41) is 7.69. The summed E-state index contributed by atoms with van der Waals surface area (Å²) < 4.78 is 0. The summed E-state index contributed by atoms with van der Waals surface area (Å²) in [4.78, 5) is 25.4. The van der Waals surface area contributed by atoms with Gasteiger partial charge in [-0.15, -0.1) is 23.7 Å². The summed E-state index contributed by atoms with van der Waals surface area (Å²) in [7, 11) is 0. The average Bonchev–Trinajstić information content (AvgIpc) is 3.09. The number of nitrogens with two attached hydrogens (primary N) is 1. The van der Waals surface area contributed by atoms with Gasteiger partial charge in [0.05, 0.1) is 4.88 Å². The number of nitrogens with one attached hydrogen (secondary N) is 2. The van der Waals surface area contributed by atoms with Crippen molar-refractivity contribution in [2.24, 2.45) is 11.7 Å². The maximum atomic E-state index is 12.6. The molecule has 0 aliphatic carbocycles. The van der Waals surface area contributed by atoms with Gasteiger partial charge < -0.3 is 16.4 Å². The predicted molar refractivity (Wildman–Crippen MR) is 110 cm³/mol. The molecule has 2 rings (SSSR count). The third-order valence-corrected chi connectivity index (χ3v) is 4.72. The van der Waals surface area contributed by atoms with Crippen LogP contribution in [-0.4, -0.2) is 23.9 Å². The molecule has 0 saturated heterocycles. The number of carbonyl (C=O) groups is 2. The maximum Gasteiger partial charge on any atom is 0.265 e. The van der Waals surface area contributed by atoms with Crippen LogP contribution in [0.2, 0.25) is 0 Å². The molecular weight excluding hydrogens is 370 g/mol. The molecule has 1 aromatic heterocycles. The molecular formula is C19H26ClN3O2S. The number of hydrogen-bond donors (Lipinski definition) is 3. The molecule has 7 heteroatoms. The molecule has 4 N–H and O–H groups in total. The van der Waals surface area contributed by atoms with E-state index in [-0.39, 0.29) is 24.2 Å². The van der Waals surface area contributed by atoms with Crippen LogP contribution in [0.25, 0.3) is 0 Å². The van der Waals surface area contributed by atoms with Gasteiger partial charge >= 0.3 is 0 Å². The lowest BCUT2D eigenvalue weighted by Gasteiger charge is -2.31. The summed E-state index contributed by atoms with van der Waals surface area (Å²) in [6.45, 7) is 6.51. The van der Waals surface area contributed by atoms with Crippen LogP contribution in [0, 0.1) is 5.92 Å². The summed E-state index contributed by atoms with van der Waals surface area (Å²) in [5.74, 6) is 0.0465. The van der Waals surface area contributed by atoms with Crippen LogP contribution in [0.4, 0.5) is 5.69 Å². The van der Waals surface area contributed by atoms with Gasteiger partial charge in [0.15, 0.2) is 0 Å². The van der Waals surface area contributed by atoms with Crippen LogP contribution < -0.4 is 16.4 Å². The summed E-state index contributed by atoms with van der Waals surface area (Å²) >= 11 is 1.37. The molecule has 1 unspecified atom stereocenters. The van der Waals surface area contributed by atoms with Gasteiger partial charge in [-0.05, 0) is 48.9 Å². The van der Waals surface area contributed by atoms with Gasteiger partial charge in [0, 0.05) is 23.3 Å². The van der Waals surface area contributed by atoms with E-state index in [1.807, 2.05) is 18.4 Å². The molecule has 142 valence electrons. The van der Waals surface area contributed by atoms with Crippen molar-refractivity contribution < 1.29 is 9.59 Å². The fourth-order valence-electron chi connectivity index (χ4n) is 2.77. The standard InChI is InChI=1S/C19H25N3O2S.ClH/c1-13(2)11-19(3,12-20)22-17(23)14-6-4-7-15(10-14)21-18(24)16-8-5-9-25-16;/h4-10,13H,11-12,20H2,1-3H3,(H,21,24)(H,22,23);1H. The Morgan fingerprint density at radius 3 is 2.50 bits per heavy atom. The number of carbonyl (C=O) groups excluding carboxylic acids is 2. The fraction of sp³-hybridized carbons (Fsp3) is 0.368. The second kappa shape index (κ2) is 9.71. The van der Waals surface area contributed by atoms with E-state index in [4.69, 9.17) is 5.73 Å². The van der Waals surface area contributed by atoms with Gasteiger partial charge in [-0.2, -0.15) is 0 Å². The number of rotatable bonds is 7. The zero-order valence-electron chi connectivity index (χ0n) is 15.2. The van der Waals surface area contributed by atoms with E-state index in [1.54, 1.807) is 30.3 Å². The Labute approximate surface area is 164 Å². The number of benzene rings is 1. The van der Waals surface area contributed by atoms with Crippen molar-refractivity contribution in [3.63, 3.8) is 0 Å². The van der Waals surface area contributed by atoms with Crippen molar-refractivity contribution in [2.45, 2.75) is 32.7 Å². The third kappa shape index (κ3) is 6.12. The molecule has 1 aromatic carbocycles. The van der Waals surface area contributed by atoms with Crippen molar-refractivity contribution in [3.05, 3.63) is 52.2 Å². The molecule has 0 radical (unpaired) electrons. The second-order valence-corrected chi connectivity index (χ2v) is 7.78. The summed E-state index contributed by atoms with van der Waals surface area (Å²) in [6.07, 6.45) is 0.796. The van der Waals surface area contributed by atoms with Gasteiger partial charge in [-0.25, -0.2) is 0 Å². The van der Waals surface area contributed by atoms with E-state index in [2.05, 4.69) is 24.5 Å². The molecule has 5 nitrogen and oxygen atoms in total.